The number of halogens is 2. The van der Waals surface area contributed by atoms with E-state index in [9.17, 15) is 9.18 Å². The maximum Gasteiger partial charge on any atom is 0.358 e. The van der Waals surface area contributed by atoms with Crippen LogP contribution < -0.4 is 0 Å². The predicted octanol–water partition coefficient (Wildman–Crippen LogP) is 3.45. The van der Waals surface area contributed by atoms with Crippen molar-refractivity contribution in [3.63, 3.8) is 0 Å². The molecule has 0 saturated heterocycles. The topological polar surface area (TPSA) is 52.1 Å². The van der Waals surface area contributed by atoms with Gasteiger partial charge in [0.25, 0.3) is 0 Å². The summed E-state index contributed by atoms with van der Waals surface area (Å²) in [6.07, 6.45) is 0. The Bertz CT molecular complexity index is 738. The molecule has 22 heavy (non-hydrogen) atoms. The van der Waals surface area contributed by atoms with Gasteiger partial charge in [-0.2, -0.15) is 17.7 Å². The van der Waals surface area contributed by atoms with Crippen molar-refractivity contribution in [1.82, 2.24) is 9.97 Å². The van der Waals surface area contributed by atoms with Gasteiger partial charge in [0.1, 0.15) is 5.82 Å². The van der Waals surface area contributed by atoms with Crippen molar-refractivity contribution in [3.8, 4) is 11.4 Å². The summed E-state index contributed by atoms with van der Waals surface area (Å²) in [5.41, 5.74) is 1.61. The number of ether oxygens (including phenoxy) is 1. The Labute approximate surface area is 158 Å². The number of hydrogen-bond acceptors (Lipinski definition) is 4. The van der Waals surface area contributed by atoms with Crippen LogP contribution in [-0.2, 0) is 37.4 Å². The minimum absolute atomic E-state index is 0. The minimum atomic E-state index is -0.692. The minimum Gasteiger partial charge on any atom is -0.464 e. The molecule has 0 amide bonds. The van der Waals surface area contributed by atoms with E-state index in [4.69, 9.17) is 11.6 Å². The molecule has 0 aliphatic rings. The number of benzene rings is 1. The number of carbonyl (C=O) groups excluding carboxylic acids is 1. The molecule has 1 aromatic heterocycles. The molecule has 0 fully saturated rings. The molecule has 0 saturated carbocycles. The first-order valence-corrected chi connectivity index (χ1v) is 6.54. The molecule has 0 spiro atoms. The Morgan fingerprint density at radius 3 is 2.55 bits per heavy atom. The summed E-state index contributed by atoms with van der Waals surface area (Å²) < 4.78 is 18.9. The van der Waals surface area contributed by atoms with Crippen LogP contribution in [-0.4, -0.2) is 23.0 Å². The van der Waals surface area contributed by atoms with Crippen molar-refractivity contribution >= 4 is 17.6 Å². The van der Waals surface area contributed by atoms with Crippen molar-refractivity contribution < 1.29 is 46.6 Å². The second kappa shape index (κ2) is 7.58. The van der Waals surface area contributed by atoms with Crippen molar-refractivity contribution in [1.29, 1.82) is 0 Å². The molecule has 0 N–H and O–H groups in total. The molecule has 113 valence electrons. The maximum atomic E-state index is 14.3. The fraction of sp³-hybridized carbons (Fsp3) is 0.267. The number of aryl methyl sites for hydroxylation is 3. The number of aromatic nitrogens is 2. The fourth-order valence-electron chi connectivity index (χ4n) is 1.94. The van der Waals surface area contributed by atoms with Gasteiger partial charge < -0.3 is 4.74 Å². The molecule has 4 nitrogen and oxygen atoms in total. The van der Waals surface area contributed by atoms with E-state index in [2.05, 4.69) is 20.8 Å². The first-order valence-electron chi connectivity index (χ1n) is 6.17. The van der Waals surface area contributed by atoms with Gasteiger partial charge in [-0.15, -0.1) is 5.56 Å². The van der Waals surface area contributed by atoms with Crippen LogP contribution in [0.5, 0.6) is 0 Å². The van der Waals surface area contributed by atoms with E-state index in [1.54, 1.807) is 26.8 Å². The molecule has 1 aromatic carbocycles. The van der Waals surface area contributed by atoms with Gasteiger partial charge in [-0.05, 0) is 6.92 Å². The Morgan fingerprint density at radius 2 is 1.95 bits per heavy atom. The van der Waals surface area contributed by atoms with Crippen LogP contribution in [0.15, 0.2) is 6.07 Å². The molecule has 1 heterocycles. The van der Waals surface area contributed by atoms with E-state index in [-0.39, 0.29) is 54.8 Å². The number of esters is 1. The molecule has 0 unspecified atom stereocenters. The third-order valence-corrected chi connectivity index (χ3v) is 3.40. The molecule has 7 heteroatoms. The largest absolute Gasteiger partial charge is 0.464 e. The molecule has 0 aliphatic heterocycles. The van der Waals surface area contributed by atoms with E-state index in [1.807, 2.05) is 0 Å². The zero-order valence-electron chi connectivity index (χ0n) is 12.6. The molecule has 0 aliphatic carbocycles. The monoisotopic (exact) mass is 396 g/mol. The maximum absolute atomic E-state index is 14.3. The summed E-state index contributed by atoms with van der Waals surface area (Å²) in [7, 11) is 1.22. The van der Waals surface area contributed by atoms with Gasteiger partial charge in [-0.25, -0.2) is 14.8 Å². The van der Waals surface area contributed by atoms with Crippen LogP contribution in [0.25, 0.3) is 11.4 Å². The van der Waals surface area contributed by atoms with Gasteiger partial charge >= 0.3 is 5.97 Å². The molecule has 2 aromatic rings. The summed E-state index contributed by atoms with van der Waals surface area (Å²) in [5, 5.41) is 0.0990. The molecular formula is C15H13ClFN2O2Y-. The van der Waals surface area contributed by atoms with Gasteiger partial charge in [0.05, 0.1) is 17.8 Å². The number of rotatable bonds is 2. The fourth-order valence-corrected chi connectivity index (χ4v) is 2.10. The number of hydrogen-bond donors (Lipinski definition) is 0. The quantitative estimate of drug-likeness (QED) is 0.576. The predicted molar refractivity (Wildman–Crippen MR) is 76.8 cm³/mol. The van der Waals surface area contributed by atoms with Gasteiger partial charge in [0, 0.05) is 38.5 Å². The van der Waals surface area contributed by atoms with Crippen LogP contribution in [0, 0.1) is 32.7 Å². The van der Waals surface area contributed by atoms with Crippen LogP contribution in [0.4, 0.5) is 4.39 Å². The van der Waals surface area contributed by atoms with Gasteiger partial charge in [-0.3, -0.25) is 4.39 Å². The van der Waals surface area contributed by atoms with E-state index in [1.165, 1.54) is 7.11 Å². The van der Waals surface area contributed by atoms with Crippen LogP contribution in [0.1, 0.15) is 27.3 Å². The number of methoxy groups -OCH3 is 1. The Balaban J connectivity index is 0.00000242. The zero-order valence-corrected chi connectivity index (χ0v) is 16.2. The Hall–Kier alpha value is -0.906. The molecular weight excluding hydrogens is 384 g/mol. The van der Waals surface area contributed by atoms with Crippen molar-refractivity contribution in [3.05, 3.63) is 45.5 Å². The molecule has 1 radical (unpaired) electrons. The summed E-state index contributed by atoms with van der Waals surface area (Å²) in [6.45, 7) is 5.02. The molecule has 0 atom stereocenters. The Morgan fingerprint density at radius 1 is 1.32 bits per heavy atom. The van der Waals surface area contributed by atoms with Gasteiger partial charge in [0.15, 0.2) is 5.69 Å². The van der Waals surface area contributed by atoms with E-state index >= 15 is 0 Å². The first-order chi connectivity index (χ1) is 9.85. The van der Waals surface area contributed by atoms with Gasteiger partial charge in [0.2, 0.25) is 0 Å². The third-order valence-electron chi connectivity index (χ3n) is 2.95. The van der Waals surface area contributed by atoms with Crippen molar-refractivity contribution in [2.45, 2.75) is 20.8 Å². The van der Waals surface area contributed by atoms with Crippen LogP contribution >= 0.6 is 11.6 Å². The standard InChI is InChI=1S/C15H13ClFN2O2.Y/c1-7-5-8(2)12(17)10(6-7)14-18-9(3)11(16)13(19-14)15(20)21-4;/h6H,1-4H3;/q-1;. The third kappa shape index (κ3) is 3.70. The zero-order chi connectivity index (χ0) is 15.7. The Kier molecular flexibility index (Phi) is 6.59. The number of carbonyl (C=O) groups is 1. The average Bonchev–Trinajstić information content (AvgIpc) is 2.44. The summed E-state index contributed by atoms with van der Waals surface area (Å²) in [6, 6.07) is 4.45. The van der Waals surface area contributed by atoms with E-state index < -0.39 is 11.8 Å². The second-order valence-electron chi connectivity index (χ2n) is 4.59. The first kappa shape index (κ1) is 19.1. The van der Waals surface area contributed by atoms with Crippen LogP contribution in [0.3, 0.4) is 0 Å². The molecule has 0 bridgehead atoms. The SMILES string of the molecule is COC(=O)c1nc(-c2cc(C)[c-]c(C)c2F)nc(C)c1Cl.[Y]. The smallest absolute Gasteiger partial charge is 0.358 e. The van der Waals surface area contributed by atoms with Crippen molar-refractivity contribution in [2.24, 2.45) is 0 Å². The summed E-state index contributed by atoms with van der Waals surface area (Å²) in [5.74, 6) is -1.07. The van der Waals surface area contributed by atoms with E-state index in [0.717, 1.165) is 5.56 Å². The summed E-state index contributed by atoms with van der Waals surface area (Å²) >= 11 is 6.00. The van der Waals surface area contributed by atoms with Crippen molar-refractivity contribution in [2.75, 3.05) is 7.11 Å². The average molecular weight is 397 g/mol. The second-order valence-corrected chi connectivity index (χ2v) is 4.97. The van der Waals surface area contributed by atoms with E-state index in [0.29, 0.717) is 11.3 Å². The van der Waals surface area contributed by atoms with Gasteiger partial charge in [-0.1, -0.05) is 31.0 Å². The number of nitrogens with zero attached hydrogens (tertiary/aromatic N) is 2. The normalized spacial score (nSPS) is 10.1. The van der Waals surface area contributed by atoms with Crippen LogP contribution in [0.2, 0.25) is 5.02 Å². The molecule has 2 rings (SSSR count). The summed E-state index contributed by atoms with van der Waals surface area (Å²) in [4.78, 5) is 19.9.